The van der Waals surface area contributed by atoms with Crippen molar-refractivity contribution in [3.63, 3.8) is 0 Å². The van der Waals surface area contributed by atoms with Gasteiger partial charge in [0, 0.05) is 12.8 Å². The normalized spacial score (nSPS) is 12.3. The van der Waals surface area contributed by atoms with E-state index in [4.69, 9.17) is 4.74 Å². The molecule has 102 valence electrons. The van der Waals surface area contributed by atoms with Crippen molar-refractivity contribution in [2.24, 2.45) is 0 Å². The smallest absolute Gasteiger partial charge is 0.232 e. The lowest BCUT2D eigenvalue weighted by molar-refractivity contribution is 0.394. The molecule has 8 heteroatoms. The van der Waals surface area contributed by atoms with Crippen molar-refractivity contribution in [3.05, 3.63) is 10.7 Å². The molecule has 0 saturated heterocycles. The fraction of sp³-hybridized carbons (Fsp3) is 0.600. The van der Waals surface area contributed by atoms with Gasteiger partial charge in [-0.3, -0.25) is 0 Å². The quantitative estimate of drug-likeness (QED) is 0.876. The standard InChI is InChI=1S/C10H16BrN3O3S/c1-10(2,18(4,15)16)6-13-9-12-5-7(11)8(14-9)17-3/h5H,6H2,1-4H3,(H,12,13,14). The lowest BCUT2D eigenvalue weighted by Crippen LogP contribution is -2.38. The van der Waals surface area contributed by atoms with Crippen LogP contribution in [0.3, 0.4) is 0 Å². The summed E-state index contributed by atoms with van der Waals surface area (Å²) in [4.78, 5) is 8.12. The Morgan fingerprint density at radius 3 is 2.61 bits per heavy atom. The van der Waals surface area contributed by atoms with Crippen molar-refractivity contribution in [3.8, 4) is 5.88 Å². The van der Waals surface area contributed by atoms with E-state index in [0.717, 1.165) is 0 Å². The molecule has 0 aliphatic rings. The molecule has 0 bridgehead atoms. The molecule has 6 nitrogen and oxygen atoms in total. The van der Waals surface area contributed by atoms with Crippen LogP contribution in [0.1, 0.15) is 13.8 Å². The van der Waals surface area contributed by atoms with Gasteiger partial charge in [-0.15, -0.1) is 0 Å². The highest BCUT2D eigenvalue weighted by Gasteiger charge is 2.30. The van der Waals surface area contributed by atoms with Crippen LogP contribution in [0.15, 0.2) is 10.7 Å². The van der Waals surface area contributed by atoms with E-state index >= 15 is 0 Å². The number of nitrogens with zero attached hydrogens (tertiary/aromatic N) is 2. The highest BCUT2D eigenvalue weighted by molar-refractivity contribution is 9.10. The fourth-order valence-corrected chi connectivity index (χ4v) is 1.69. The van der Waals surface area contributed by atoms with Gasteiger partial charge in [-0.1, -0.05) is 0 Å². The maximum Gasteiger partial charge on any atom is 0.232 e. The molecule has 0 aromatic carbocycles. The molecular weight excluding hydrogens is 322 g/mol. The predicted octanol–water partition coefficient (Wildman–Crippen LogP) is 1.48. The van der Waals surface area contributed by atoms with Gasteiger partial charge in [0.25, 0.3) is 0 Å². The number of anilines is 1. The second kappa shape index (κ2) is 5.40. The molecular formula is C10H16BrN3O3S. The Bertz CT molecular complexity index is 531. The third kappa shape index (κ3) is 3.55. The average molecular weight is 338 g/mol. The first-order chi connectivity index (χ1) is 8.17. The number of hydrogen-bond acceptors (Lipinski definition) is 6. The van der Waals surface area contributed by atoms with E-state index in [1.165, 1.54) is 13.4 Å². The molecule has 1 rings (SSSR count). The first-order valence-corrected chi connectivity index (χ1v) is 7.86. The number of sulfone groups is 1. The van der Waals surface area contributed by atoms with Gasteiger partial charge in [-0.25, -0.2) is 13.4 Å². The van der Waals surface area contributed by atoms with Crippen molar-refractivity contribution >= 4 is 31.7 Å². The van der Waals surface area contributed by atoms with Crippen LogP contribution in [-0.2, 0) is 9.84 Å². The Labute approximate surface area is 115 Å². The number of aromatic nitrogens is 2. The Balaban J connectivity index is 2.82. The average Bonchev–Trinajstić information content (AvgIpc) is 2.26. The minimum atomic E-state index is -3.15. The Hall–Kier alpha value is -0.890. The highest BCUT2D eigenvalue weighted by atomic mass is 79.9. The van der Waals surface area contributed by atoms with E-state index in [0.29, 0.717) is 16.3 Å². The van der Waals surface area contributed by atoms with Crippen LogP contribution >= 0.6 is 15.9 Å². The minimum absolute atomic E-state index is 0.219. The van der Waals surface area contributed by atoms with Crippen LogP contribution in [0.25, 0.3) is 0 Å². The number of rotatable bonds is 5. The third-order valence-corrected chi connectivity index (χ3v) is 5.28. The molecule has 0 unspecified atom stereocenters. The van der Waals surface area contributed by atoms with Crippen LogP contribution in [-0.4, -0.2) is 43.0 Å². The summed E-state index contributed by atoms with van der Waals surface area (Å²) in [6.07, 6.45) is 2.75. The van der Waals surface area contributed by atoms with Crippen molar-refractivity contribution in [2.75, 3.05) is 25.2 Å². The van der Waals surface area contributed by atoms with Crippen molar-refractivity contribution in [1.82, 2.24) is 9.97 Å². The lowest BCUT2D eigenvalue weighted by Gasteiger charge is -2.22. The maximum atomic E-state index is 11.5. The van der Waals surface area contributed by atoms with E-state index in [9.17, 15) is 8.42 Å². The van der Waals surface area contributed by atoms with E-state index in [2.05, 4.69) is 31.2 Å². The van der Waals surface area contributed by atoms with Crippen molar-refractivity contribution in [1.29, 1.82) is 0 Å². The zero-order valence-corrected chi connectivity index (χ0v) is 13.1. The van der Waals surface area contributed by atoms with Crippen LogP contribution < -0.4 is 10.1 Å². The number of methoxy groups -OCH3 is 1. The minimum Gasteiger partial charge on any atom is -0.480 e. The summed E-state index contributed by atoms with van der Waals surface area (Å²) in [5, 5.41) is 2.89. The Kier molecular flexibility index (Phi) is 4.55. The van der Waals surface area contributed by atoms with Gasteiger partial charge in [0.1, 0.15) is 0 Å². The predicted molar refractivity (Wildman–Crippen MR) is 73.7 cm³/mol. The SMILES string of the molecule is COc1nc(NCC(C)(C)S(C)(=O)=O)ncc1Br. The van der Waals surface area contributed by atoms with Gasteiger partial charge in [-0.05, 0) is 29.8 Å². The van der Waals surface area contributed by atoms with Crippen LogP contribution in [0, 0.1) is 0 Å². The molecule has 1 N–H and O–H groups in total. The van der Waals surface area contributed by atoms with E-state index < -0.39 is 14.6 Å². The second-order valence-corrected chi connectivity index (χ2v) is 7.94. The summed E-state index contributed by atoms with van der Waals surface area (Å²) in [6.45, 7) is 3.51. The number of ether oxygens (including phenoxy) is 1. The molecule has 1 aromatic rings. The van der Waals surface area contributed by atoms with Crippen molar-refractivity contribution < 1.29 is 13.2 Å². The monoisotopic (exact) mass is 337 g/mol. The molecule has 0 aliphatic carbocycles. The first-order valence-electron chi connectivity index (χ1n) is 5.17. The molecule has 0 radical (unpaired) electrons. The zero-order chi connectivity index (χ0) is 14.0. The first kappa shape index (κ1) is 15.2. The van der Waals surface area contributed by atoms with Gasteiger partial charge < -0.3 is 10.1 Å². The fourth-order valence-electron chi connectivity index (χ4n) is 1.00. The van der Waals surface area contributed by atoms with Gasteiger partial charge in [0.15, 0.2) is 9.84 Å². The van der Waals surface area contributed by atoms with Gasteiger partial charge in [0.05, 0.1) is 22.5 Å². The van der Waals surface area contributed by atoms with Gasteiger partial charge in [-0.2, -0.15) is 4.98 Å². The topological polar surface area (TPSA) is 81.2 Å². The van der Waals surface area contributed by atoms with E-state index in [1.807, 2.05) is 0 Å². The number of halogens is 1. The van der Waals surface area contributed by atoms with Gasteiger partial charge >= 0.3 is 0 Å². The Morgan fingerprint density at radius 1 is 1.50 bits per heavy atom. The molecule has 0 fully saturated rings. The van der Waals surface area contributed by atoms with Gasteiger partial charge in [0.2, 0.25) is 11.8 Å². The van der Waals surface area contributed by atoms with E-state index in [-0.39, 0.29) is 6.54 Å². The number of nitrogens with one attached hydrogen (secondary N) is 1. The molecule has 1 heterocycles. The molecule has 18 heavy (non-hydrogen) atoms. The van der Waals surface area contributed by atoms with E-state index in [1.54, 1.807) is 20.0 Å². The summed E-state index contributed by atoms with van der Waals surface area (Å²) in [7, 11) is -1.66. The maximum absolute atomic E-state index is 11.5. The molecule has 1 aromatic heterocycles. The summed E-state index contributed by atoms with van der Waals surface area (Å²) in [5.41, 5.74) is 0. The molecule has 0 aliphatic heterocycles. The summed E-state index contributed by atoms with van der Waals surface area (Å²) >= 11 is 3.24. The van der Waals surface area contributed by atoms with Crippen LogP contribution in [0.2, 0.25) is 0 Å². The molecule has 0 amide bonds. The lowest BCUT2D eigenvalue weighted by atomic mass is 10.2. The Morgan fingerprint density at radius 2 is 2.11 bits per heavy atom. The summed E-state index contributed by atoms with van der Waals surface area (Å²) in [6, 6.07) is 0. The summed E-state index contributed by atoms with van der Waals surface area (Å²) < 4.78 is 27.9. The van der Waals surface area contributed by atoms with Crippen LogP contribution in [0.5, 0.6) is 5.88 Å². The molecule has 0 atom stereocenters. The zero-order valence-electron chi connectivity index (χ0n) is 10.7. The van der Waals surface area contributed by atoms with Crippen molar-refractivity contribution in [2.45, 2.75) is 18.6 Å². The third-order valence-electron chi connectivity index (χ3n) is 2.58. The molecule has 0 spiro atoms. The largest absolute Gasteiger partial charge is 0.480 e. The second-order valence-electron chi connectivity index (χ2n) is 4.44. The highest BCUT2D eigenvalue weighted by Crippen LogP contribution is 2.22. The van der Waals surface area contributed by atoms with Crippen LogP contribution in [0.4, 0.5) is 5.95 Å². The number of hydrogen-bond donors (Lipinski definition) is 1. The molecule has 0 saturated carbocycles. The summed E-state index contributed by atoms with van der Waals surface area (Å²) in [5.74, 6) is 0.719.